The molecular formula is C13H18Cl2N2O3. The fraction of sp³-hybridized carbons (Fsp3) is 0.462. The molecule has 0 fully saturated rings. The summed E-state index contributed by atoms with van der Waals surface area (Å²) < 4.78 is 10.9. The number of benzene rings is 1. The van der Waals surface area contributed by atoms with Gasteiger partial charge in [0.1, 0.15) is 13.2 Å². The van der Waals surface area contributed by atoms with Gasteiger partial charge in [0.2, 0.25) is 5.91 Å². The van der Waals surface area contributed by atoms with Crippen LogP contribution in [-0.4, -0.2) is 32.2 Å². The van der Waals surface area contributed by atoms with Crippen LogP contribution in [0.3, 0.4) is 0 Å². The van der Waals surface area contributed by atoms with Gasteiger partial charge in [-0.05, 0) is 30.7 Å². The van der Waals surface area contributed by atoms with Gasteiger partial charge in [-0.1, -0.05) is 11.6 Å². The number of carbonyl (C=O) groups is 1. The Morgan fingerprint density at radius 1 is 1.35 bits per heavy atom. The van der Waals surface area contributed by atoms with Crippen molar-refractivity contribution < 1.29 is 14.3 Å². The lowest BCUT2D eigenvalue weighted by Gasteiger charge is -2.20. The van der Waals surface area contributed by atoms with E-state index in [2.05, 4.69) is 5.32 Å². The quantitative estimate of drug-likeness (QED) is 0.807. The molecule has 1 aromatic rings. The second-order valence-electron chi connectivity index (χ2n) is 4.27. The molecule has 0 spiro atoms. The van der Waals surface area contributed by atoms with E-state index in [1.54, 1.807) is 12.1 Å². The number of fused-ring (bicyclic) bond motifs is 1. The van der Waals surface area contributed by atoms with Gasteiger partial charge in [0.15, 0.2) is 11.5 Å². The Morgan fingerprint density at radius 3 is 2.85 bits per heavy atom. The molecule has 20 heavy (non-hydrogen) atoms. The summed E-state index contributed by atoms with van der Waals surface area (Å²) in [6, 6.07) is 3.53. The highest BCUT2D eigenvalue weighted by molar-refractivity contribution is 6.32. The largest absolute Gasteiger partial charge is 0.486 e. The minimum absolute atomic E-state index is 0. The van der Waals surface area contributed by atoms with Crippen LogP contribution in [0, 0.1) is 0 Å². The van der Waals surface area contributed by atoms with Crippen molar-refractivity contribution in [2.24, 2.45) is 5.73 Å². The first-order chi connectivity index (χ1) is 9.20. The number of nitrogens with one attached hydrogen (secondary N) is 1. The third kappa shape index (κ3) is 4.44. The summed E-state index contributed by atoms with van der Waals surface area (Å²) in [5.41, 5.74) is 6.17. The molecule has 1 aromatic carbocycles. The smallest absolute Gasteiger partial charge is 0.224 e. The van der Waals surface area contributed by atoms with Crippen molar-refractivity contribution >= 4 is 29.9 Å². The molecule has 1 heterocycles. The highest BCUT2D eigenvalue weighted by Crippen LogP contribution is 2.38. The molecule has 1 amide bonds. The number of halogens is 2. The van der Waals surface area contributed by atoms with Crippen molar-refractivity contribution in [1.29, 1.82) is 0 Å². The Kier molecular flexibility index (Phi) is 6.91. The topological polar surface area (TPSA) is 73.6 Å². The van der Waals surface area contributed by atoms with E-state index < -0.39 is 0 Å². The van der Waals surface area contributed by atoms with Crippen LogP contribution in [0.5, 0.6) is 11.5 Å². The van der Waals surface area contributed by atoms with Gasteiger partial charge in [0.05, 0.1) is 11.4 Å². The molecule has 1 aliphatic rings. The minimum atomic E-state index is -0.0544. The average molecular weight is 321 g/mol. The van der Waals surface area contributed by atoms with Crippen LogP contribution < -0.4 is 20.5 Å². The number of nitrogens with two attached hydrogens (primary N) is 1. The molecule has 5 nitrogen and oxygen atoms in total. The van der Waals surface area contributed by atoms with Crippen molar-refractivity contribution in [3.63, 3.8) is 0 Å². The van der Waals surface area contributed by atoms with E-state index in [0.717, 1.165) is 12.0 Å². The van der Waals surface area contributed by atoms with E-state index in [-0.39, 0.29) is 24.7 Å². The fourth-order valence-electron chi connectivity index (χ4n) is 1.84. The first-order valence-corrected chi connectivity index (χ1v) is 6.63. The molecule has 112 valence electrons. The number of amides is 1. The van der Waals surface area contributed by atoms with Crippen LogP contribution in [-0.2, 0) is 11.2 Å². The summed E-state index contributed by atoms with van der Waals surface area (Å²) in [6.07, 6.45) is 1.04. The van der Waals surface area contributed by atoms with Gasteiger partial charge in [-0.15, -0.1) is 12.4 Å². The molecule has 7 heteroatoms. The molecule has 3 N–H and O–H groups in total. The number of carbonyl (C=O) groups excluding carboxylic acids is 1. The van der Waals surface area contributed by atoms with Crippen LogP contribution >= 0.6 is 24.0 Å². The van der Waals surface area contributed by atoms with Crippen molar-refractivity contribution in [3.05, 3.63) is 22.7 Å². The SMILES string of the molecule is Cl.NCCCNC(=O)Cc1cc(Cl)c2c(c1)OCCO2. The molecule has 0 saturated heterocycles. The summed E-state index contributed by atoms with van der Waals surface area (Å²) in [5, 5.41) is 3.27. The third-order valence-corrected chi connectivity index (χ3v) is 3.01. The minimum Gasteiger partial charge on any atom is -0.486 e. The number of rotatable bonds is 5. The third-order valence-electron chi connectivity index (χ3n) is 2.72. The van der Waals surface area contributed by atoms with Gasteiger partial charge in [-0.3, -0.25) is 4.79 Å². The Morgan fingerprint density at radius 2 is 2.10 bits per heavy atom. The van der Waals surface area contributed by atoms with E-state index in [1.807, 2.05) is 0 Å². The van der Waals surface area contributed by atoms with Crippen molar-refractivity contribution in [2.45, 2.75) is 12.8 Å². The lowest BCUT2D eigenvalue weighted by molar-refractivity contribution is -0.120. The van der Waals surface area contributed by atoms with Crippen LogP contribution in [0.2, 0.25) is 5.02 Å². The first kappa shape index (κ1) is 16.9. The second-order valence-corrected chi connectivity index (χ2v) is 4.68. The lowest BCUT2D eigenvalue weighted by atomic mass is 10.1. The summed E-state index contributed by atoms with van der Waals surface area (Å²) in [4.78, 5) is 11.7. The highest BCUT2D eigenvalue weighted by atomic mass is 35.5. The van der Waals surface area contributed by atoms with Crippen LogP contribution in [0.4, 0.5) is 0 Å². The van der Waals surface area contributed by atoms with Gasteiger partial charge < -0.3 is 20.5 Å². The molecule has 0 unspecified atom stereocenters. The summed E-state index contributed by atoms with van der Waals surface area (Å²) >= 11 is 6.10. The monoisotopic (exact) mass is 320 g/mol. The zero-order valence-corrected chi connectivity index (χ0v) is 12.6. The molecule has 0 aromatic heterocycles. The summed E-state index contributed by atoms with van der Waals surface area (Å²) in [7, 11) is 0. The van der Waals surface area contributed by atoms with Gasteiger partial charge in [-0.25, -0.2) is 0 Å². The fourth-order valence-corrected chi connectivity index (χ4v) is 2.13. The average Bonchev–Trinajstić information content (AvgIpc) is 2.39. The van der Waals surface area contributed by atoms with E-state index in [1.165, 1.54) is 0 Å². The molecule has 0 atom stereocenters. The molecule has 2 rings (SSSR count). The van der Waals surface area contributed by atoms with Gasteiger partial charge in [0.25, 0.3) is 0 Å². The maximum absolute atomic E-state index is 11.7. The molecule has 0 saturated carbocycles. The Hall–Kier alpha value is -1.17. The molecular weight excluding hydrogens is 303 g/mol. The Labute approximate surface area is 129 Å². The zero-order valence-electron chi connectivity index (χ0n) is 11.0. The maximum atomic E-state index is 11.7. The number of hydrogen-bond donors (Lipinski definition) is 2. The normalized spacial score (nSPS) is 12.5. The zero-order chi connectivity index (χ0) is 13.7. The van der Waals surface area contributed by atoms with Crippen molar-refractivity contribution in [2.75, 3.05) is 26.3 Å². The van der Waals surface area contributed by atoms with Crippen LogP contribution in [0.25, 0.3) is 0 Å². The van der Waals surface area contributed by atoms with Crippen LogP contribution in [0.15, 0.2) is 12.1 Å². The first-order valence-electron chi connectivity index (χ1n) is 6.25. The second kappa shape index (κ2) is 8.19. The Balaban J connectivity index is 0.00000200. The van der Waals surface area contributed by atoms with Gasteiger partial charge in [0, 0.05) is 6.54 Å². The van der Waals surface area contributed by atoms with E-state index in [4.69, 9.17) is 26.8 Å². The van der Waals surface area contributed by atoms with Crippen molar-refractivity contribution in [3.8, 4) is 11.5 Å². The number of hydrogen-bond acceptors (Lipinski definition) is 4. The highest BCUT2D eigenvalue weighted by Gasteiger charge is 2.17. The van der Waals surface area contributed by atoms with Gasteiger partial charge in [-0.2, -0.15) is 0 Å². The predicted molar refractivity (Wildman–Crippen MR) is 80.1 cm³/mol. The lowest BCUT2D eigenvalue weighted by Crippen LogP contribution is -2.27. The van der Waals surface area contributed by atoms with E-state index >= 15 is 0 Å². The van der Waals surface area contributed by atoms with E-state index in [9.17, 15) is 4.79 Å². The van der Waals surface area contributed by atoms with Crippen molar-refractivity contribution in [1.82, 2.24) is 5.32 Å². The van der Waals surface area contributed by atoms with Gasteiger partial charge >= 0.3 is 0 Å². The molecule has 0 aliphatic carbocycles. The number of ether oxygens (including phenoxy) is 2. The van der Waals surface area contributed by atoms with E-state index in [0.29, 0.717) is 42.8 Å². The standard InChI is InChI=1S/C13H17ClN2O3.ClH/c14-10-6-9(8-12(17)16-3-1-2-15)7-11-13(10)19-5-4-18-11;/h6-7H,1-5,8,15H2,(H,16,17);1H. The Bertz CT molecular complexity index is 469. The molecule has 0 radical (unpaired) electrons. The van der Waals surface area contributed by atoms with Crippen LogP contribution in [0.1, 0.15) is 12.0 Å². The maximum Gasteiger partial charge on any atom is 0.224 e. The predicted octanol–water partition coefficient (Wildman–Crippen LogP) is 1.54. The molecule has 0 bridgehead atoms. The summed E-state index contributed by atoms with van der Waals surface area (Å²) in [5.74, 6) is 1.10. The summed E-state index contributed by atoms with van der Waals surface area (Å²) in [6.45, 7) is 2.14. The molecule has 1 aliphatic heterocycles.